The molecule has 0 saturated carbocycles. The number of para-hydroxylation sites is 1. The highest BCUT2D eigenvalue weighted by molar-refractivity contribution is 6.82. The molecule has 1 fully saturated rings. The SMILES string of the molecule is CN1CC23c4c5c6c7c8c9c(c%10c%11c2c2c4c4c%12c5c5c6c6c8c8c%13c9c9c%10c%10c%11c%11c2c2c4c4c%12c%12c5c5c6c8c6c8c%13c9c9c%10c%10c%11c2c2c4c4c%12c5c6c5c8c9c%10c2c45)C73C1c1coc2ccccc2c1=O. The largest absolute Gasteiger partial charge is 0.464 e. The van der Waals surface area contributed by atoms with Crippen molar-refractivity contribution >= 4 is 302 Å². The van der Waals surface area contributed by atoms with Gasteiger partial charge < -0.3 is 4.42 Å². The normalized spacial score (nSPS) is 23.2. The highest BCUT2D eigenvalue weighted by Crippen LogP contribution is 2.87. The van der Waals surface area contributed by atoms with E-state index >= 15 is 4.79 Å². The van der Waals surface area contributed by atoms with E-state index in [9.17, 15) is 0 Å². The van der Waals surface area contributed by atoms with Crippen molar-refractivity contribution in [3.63, 3.8) is 0 Å². The lowest BCUT2D eigenvalue weighted by atomic mass is 9.47. The van der Waals surface area contributed by atoms with E-state index in [4.69, 9.17) is 4.42 Å². The Hall–Kier alpha value is -9.15. The van der Waals surface area contributed by atoms with Crippen molar-refractivity contribution in [1.82, 2.24) is 4.90 Å². The fraction of sp³-hybridized carbons (Fsp3) is 0.0694. The van der Waals surface area contributed by atoms with Crippen LogP contribution in [0.5, 0.6) is 0 Å². The molecule has 3 heteroatoms. The molecular formula is C72H11NO2. The first-order chi connectivity index (χ1) is 37.2. The number of rotatable bonds is 1. The lowest BCUT2D eigenvalue weighted by Crippen LogP contribution is -2.52. The van der Waals surface area contributed by atoms with Crippen molar-refractivity contribution in [3.8, 4) is 0 Å². The van der Waals surface area contributed by atoms with Crippen LogP contribution < -0.4 is 5.43 Å². The summed E-state index contributed by atoms with van der Waals surface area (Å²) in [5.41, 5.74) is 7.11. The lowest BCUT2D eigenvalue weighted by Gasteiger charge is -2.52. The number of likely N-dealkylation sites (tertiary alicyclic amines) is 1. The number of hydrogen-bond acceptors (Lipinski definition) is 3. The van der Waals surface area contributed by atoms with E-state index in [0.29, 0.717) is 11.0 Å². The number of fused-ring (bicyclic) bond motifs is 1. The van der Waals surface area contributed by atoms with Crippen LogP contribution in [0, 0.1) is 0 Å². The maximum Gasteiger partial charge on any atom is 0.197 e. The van der Waals surface area contributed by atoms with Crippen molar-refractivity contribution in [2.45, 2.75) is 16.9 Å². The second kappa shape index (κ2) is 6.49. The van der Waals surface area contributed by atoms with Crippen LogP contribution in [-0.2, 0) is 10.8 Å². The van der Waals surface area contributed by atoms with Crippen molar-refractivity contribution in [2.24, 2.45) is 0 Å². The molecule has 75 heavy (non-hydrogen) atoms. The standard InChI is InChI=1S/C72H11NO2/c1-73-7-71-65-57-49-39-29-21-13-11-12-15-19-17(13)25-33-27(19)37-31-23(15)24-16(12)20-18-14(11)22(21)30-36-26(18)34-28(20)38-32(24)42-41(31)53-47(37)55-45(33)51(43(49)35(25)29)59(65)61(55)67-63(53)64-54(42)48(38)56-46(34)52-44(36)50(40(30)39)58(57)66(71)60(52)62(56)68(64)72(67,71)70(73)9-6-75-10-5-3-2-4-8(10)69(9)74/h2-6,70H,7H2,1H3. The molecule has 1 aromatic heterocycles. The molecule has 29 aromatic carbocycles. The molecule has 1 unspecified atom stereocenters. The molecule has 0 radical (unpaired) electrons. The van der Waals surface area contributed by atoms with Gasteiger partial charge in [-0.25, -0.2) is 0 Å². The van der Waals surface area contributed by atoms with Crippen LogP contribution in [0.1, 0.15) is 33.9 Å². The molecule has 316 valence electrons. The van der Waals surface area contributed by atoms with Gasteiger partial charge in [-0.05, 0) is 332 Å². The van der Waals surface area contributed by atoms with E-state index in [-0.39, 0.29) is 11.5 Å². The van der Waals surface area contributed by atoms with Crippen LogP contribution in [0.25, 0.3) is 302 Å². The summed E-state index contributed by atoms with van der Waals surface area (Å²) in [6.45, 7) is 0.861. The Morgan fingerprint density at radius 2 is 0.587 bits per heavy atom. The summed E-state index contributed by atoms with van der Waals surface area (Å²) in [5, 5.41) is 87.4. The van der Waals surface area contributed by atoms with Crippen LogP contribution in [0.3, 0.4) is 0 Å². The number of nitrogens with zero attached hydrogens (tertiary/aromatic N) is 1. The Morgan fingerprint density at radius 3 is 0.867 bits per heavy atom. The van der Waals surface area contributed by atoms with Gasteiger partial charge in [-0.15, -0.1) is 0 Å². The van der Waals surface area contributed by atoms with E-state index in [1.54, 1.807) is 313 Å². The fourth-order valence-electron chi connectivity index (χ4n) is 26.8. The van der Waals surface area contributed by atoms with Gasteiger partial charge in [0, 0.05) is 6.54 Å². The van der Waals surface area contributed by atoms with Gasteiger partial charge >= 0.3 is 0 Å². The van der Waals surface area contributed by atoms with Gasteiger partial charge in [-0.1, -0.05) is 12.1 Å². The van der Waals surface area contributed by atoms with Gasteiger partial charge in [0.25, 0.3) is 0 Å². The average molecular weight is 922 g/mol. The summed E-state index contributed by atoms with van der Waals surface area (Å²) in [6.07, 6.45) is 1.96. The Balaban J connectivity index is 1.11. The van der Waals surface area contributed by atoms with Gasteiger partial charge in [-0.3, -0.25) is 9.69 Å². The molecule has 35 rings (SSSR count). The van der Waals surface area contributed by atoms with Crippen LogP contribution in [-0.4, -0.2) is 18.5 Å². The first kappa shape index (κ1) is 28.3. The van der Waals surface area contributed by atoms with Crippen LogP contribution in [0.2, 0.25) is 0 Å². The summed E-state index contributed by atoms with van der Waals surface area (Å²) in [4.78, 5) is 18.8. The number of benzene rings is 19. The molecule has 0 N–H and O–H groups in total. The van der Waals surface area contributed by atoms with E-state index < -0.39 is 10.8 Å². The minimum atomic E-state index is -0.593. The zero-order valence-electron chi connectivity index (χ0n) is 38.4. The molecule has 0 bridgehead atoms. The molecule has 2 heterocycles. The maximum absolute atomic E-state index is 16.1. The van der Waals surface area contributed by atoms with Crippen LogP contribution in [0.4, 0.5) is 0 Å². The topological polar surface area (TPSA) is 33.5 Å². The predicted molar refractivity (Wildman–Crippen MR) is 312 cm³/mol. The van der Waals surface area contributed by atoms with Crippen molar-refractivity contribution < 1.29 is 4.42 Å². The fourth-order valence-corrected chi connectivity index (χ4v) is 26.8. The number of hydrogen-bond donors (Lipinski definition) is 0. The first-order valence-corrected chi connectivity index (χ1v) is 27.7. The molecule has 1 saturated heterocycles. The smallest absolute Gasteiger partial charge is 0.197 e. The van der Waals surface area contributed by atoms with Crippen molar-refractivity contribution in [2.75, 3.05) is 13.6 Å². The third-order valence-electron chi connectivity index (χ3n) is 26.9. The van der Waals surface area contributed by atoms with Gasteiger partial charge in [0.05, 0.1) is 34.1 Å². The molecule has 0 amide bonds. The summed E-state index contributed by atoms with van der Waals surface area (Å²) in [6, 6.07) is 7.82. The third-order valence-corrected chi connectivity index (χ3v) is 26.9. The molecule has 4 aliphatic carbocycles. The van der Waals surface area contributed by atoms with Crippen molar-refractivity contribution in [3.05, 3.63) is 68.6 Å². The molecule has 1 atom stereocenters. The van der Waals surface area contributed by atoms with Gasteiger partial charge in [0.2, 0.25) is 0 Å². The van der Waals surface area contributed by atoms with E-state index in [2.05, 4.69) is 11.9 Å². The monoisotopic (exact) mass is 921 g/mol. The Labute approximate surface area is 408 Å². The van der Waals surface area contributed by atoms with E-state index in [1.807, 2.05) is 30.5 Å². The second-order valence-corrected chi connectivity index (χ2v) is 27.3. The Morgan fingerprint density at radius 1 is 0.347 bits per heavy atom. The molecule has 1 aliphatic heterocycles. The highest BCUT2D eigenvalue weighted by Gasteiger charge is 2.76. The van der Waals surface area contributed by atoms with Gasteiger partial charge in [0.1, 0.15) is 5.58 Å². The summed E-state index contributed by atoms with van der Waals surface area (Å²) in [5.74, 6) is 0. The zero-order valence-corrected chi connectivity index (χ0v) is 38.4. The van der Waals surface area contributed by atoms with Gasteiger partial charge in [0.15, 0.2) is 5.43 Å². The third kappa shape index (κ3) is 1.55. The summed E-state index contributed by atoms with van der Waals surface area (Å²) in [7, 11) is 2.42. The quantitative estimate of drug-likeness (QED) is 0.154. The molecule has 2 spiro atoms. The highest BCUT2D eigenvalue weighted by atomic mass is 16.3. The Bertz CT molecular complexity index is 7720. The predicted octanol–water partition coefficient (Wildman–Crippen LogP) is 18.1. The summed E-state index contributed by atoms with van der Waals surface area (Å²) >= 11 is 0. The molecule has 3 nitrogen and oxygen atoms in total. The molecular weight excluding hydrogens is 911 g/mol. The van der Waals surface area contributed by atoms with Gasteiger partial charge in [-0.2, -0.15) is 0 Å². The van der Waals surface area contributed by atoms with Crippen LogP contribution in [0.15, 0.2) is 39.7 Å². The molecule has 30 aromatic rings. The van der Waals surface area contributed by atoms with Crippen LogP contribution >= 0.6 is 0 Å². The zero-order chi connectivity index (χ0) is 44.9. The molecule has 5 aliphatic rings. The summed E-state index contributed by atoms with van der Waals surface area (Å²) < 4.78 is 6.84. The second-order valence-electron chi connectivity index (χ2n) is 27.3. The average Bonchev–Trinajstić information content (AvgIpc) is 1.64. The Kier molecular flexibility index (Phi) is 2.45. The van der Waals surface area contributed by atoms with E-state index in [1.165, 1.54) is 0 Å². The lowest BCUT2D eigenvalue weighted by molar-refractivity contribution is 0.266. The van der Waals surface area contributed by atoms with Crippen molar-refractivity contribution in [1.29, 1.82) is 0 Å². The minimum Gasteiger partial charge on any atom is -0.464 e. The number of likely N-dealkylation sites (N-methyl/N-ethyl adjacent to an activating group) is 1. The maximum atomic E-state index is 16.1. The minimum absolute atomic E-state index is 0.142. The first-order valence-electron chi connectivity index (χ1n) is 27.7. The van der Waals surface area contributed by atoms with E-state index in [0.717, 1.165) is 12.1 Å².